The Morgan fingerprint density at radius 3 is 2.78 bits per heavy atom. The second-order valence-corrected chi connectivity index (χ2v) is 7.15. The molecule has 1 N–H and O–H groups in total. The first kappa shape index (κ1) is 15.8. The van der Waals surface area contributed by atoms with Crippen molar-refractivity contribution in [3.63, 3.8) is 0 Å². The topological polar surface area (TPSA) is 46.4 Å². The van der Waals surface area contributed by atoms with Crippen molar-refractivity contribution in [2.45, 2.75) is 0 Å². The van der Waals surface area contributed by atoms with Crippen LogP contribution in [-0.4, -0.2) is 15.3 Å². The van der Waals surface area contributed by atoms with Crippen molar-refractivity contribution >= 4 is 38.7 Å². The zero-order valence-electron chi connectivity index (χ0n) is 14.3. The van der Waals surface area contributed by atoms with Gasteiger partial charge in [0.2, 0.25) is 0 Å². The van der Waals surface area contributed by atoms with E-state index in [0.717, 1.165) is 32.7 Å². The molecule has 5 rings (SSSR count). The first-order valence-corrected chi connectivity index (χ1v) is 9.48. The highest BCUT2D eigenvalue weighted by Crippen LogP contribution is 2.25. The number of aromatic nitrogens is 2. The normalized spacial score (nSPS) is 11.1. The molecule has 0 unspecified atom stereocenters. The van der Waals surface area contributed by atoms with E-state index >= 15 is 0 Å². The van der Waals surface area contributed by atoms with Gasteiger partial charge in [-0.1, -0.05) is 48.5 Å². The highest BCUT2D eigenvalue weighted by Gasteiger charge is 2.11. The summed E-state index contributed by atoms with van der Waals surface area (Å²) in [4.78, 5) is 18.4. The summed E-state index contributed by atoms with van der Waals surface area (Å²) in [7, 11) is 0. The van der Waals surface area contributed by atoms with Crippen LogP contribution in [0.3, 0.4) is 0 Å². The first-order valence-electron chi connectivity index (χ1n) is 8.60. The lowest BCUT2D eigenvalue weighted by molar-refractivity contribution is 0.102. The Morgan fingerprint density at radius 1 is 1.00 bits per heavy atom. The minimum Gasteiger partial charge on any atom is -0.322 e. The maximum atomic E-state index is 12.8. The van der Waals surface area contributed by atoms with Crippen LogP contribution in [0, 0.1) is 0 Å². The molecule has 2 heterocycles. The van der Waals surface area contributed by atoms with Crippen molar-refractivity contribution in [3.05, 3.63) is 90.1 Å². The monoisotopic (exact) mass is 369 g/mol. The quantitative estimate of drug-likeness (QED) is 0.458. The van der Waals surface area contributed by atoms with Gasteiger partial charge < -0.3 is 5.32 Å². The van der Waals surface area contributed by atoms with E-state index in [1.54, 1.807) is 11.3 Å². The molecule has 0 spiro atoms. The van der Waals surface area contributed by atoms with Crippen molar-refractivity contribution < 1.29 is 4.79 Å². The van der Waals surface area contributed by atoms with E-state index in [2.05, 4.69) is 10.3 Å². The molecule has 4 nitrogen and oxygen atoms in total. The van der Waals surface area contributed by atoms with Crippen LogP contribution in [0.5, 0.6) is 0 Å². The summed E-state index contributed by atoms with van der Waals surface area (Å²) < 4.78 is 2.00. The Kier molecular flexibility index (Phi) is 3.73. The Labute approximate surface area is 159 Å². The van der Waals surface area contributed by atoms with Crippen LogP contribution in [0.1, 0.15) is 10.4 Å². The maximum absolute atomic E-state index is 12.8. The second-order valence-electron chi connectivity index (χ2n) is 6.28. The molecule has 1 amide bonds. The fourth-order valence-corrected chi connectivity index (χ4v) is 3.94. The first-order chi connectivity index (χ1) is 13.3. The summed E-state index contributed by atoms with van der Waals surface area (Å²) in [6.07, 6.45) is 3.99. The predicted octanol–water partition coefficient (Wildman–Crippen LogP) is 5.47. The van der Waals surface area contributed by atoms with E-state index in [1.165, 1.54) is 0 Å². The summed E-state index contributed by atoms with van der Waals surface area (Å²) in [5, 5.41) is 7.02. The Balaban J connectivity index is 1.47. The third-order valence-corrected chi connectivity index (χ3v) is 5.31. The molecule has 5 heteroatoms. The van der Waals surface area contributed by atoms with Crippen LogP contribution < -0.4 is 5.32 Å². The average molecular weight is 369 g/mol. The van der Waals surface area contributed by atoms with Gasteiger partial charge >= 0.3 is 0 Å². The van der Waals surface area contributed by atoms with Crippen molar-refractivity contribution in [1.82, 2.24) is 9.38 Å². The molecule has 0 aliphatic heterocycles. The zero-order valence-corrected chi connectivity index (χ0v) is 15.1. The van der Waals surface area contributed by atoms with Crippen LogP contribution in [0.25, 0.3) is 27.0 Å². The molecule has 0 aliphatic carbocycles. The van der Waals surface area contributed by atoms with Crippen molar-refractivity contribution in [2.24, 2.45) is 0 Å². The third-order valence-electron chi connectivity index (χ3n) is 4.54. The number of benzene rings is 3. The van der Waals surface area contributed by atoms with Crippen LogP contribution in [0.4, 0.5) is 5.69 Å². The number of nitrogens with zero attached hydrogens (tertiary/aromatic N) is 2. The molecule has 2 aromatic heterocycles. The minimum atomic E-state index is -0.116. The molecule has 0 radical (unpaired) electrons. The fourth-order valence-electron chi connectivity index (χ4n) is 3.24. The van der Waals surface area contributed by atoms with Gasteiger partial charge in [0.05, 0.1) is 5.69 Å². The van der Waals surface area contributed by atoms with Gasteiger partial charge in [0, 0.05) is 34.6 Å². The number of imidazole rings is 1. The minimum absolute atomic E-state index is 0.116. The van der Waals surface area contributed by atoms with E-state index < -0.39 is 0 Å². The maximum Gasteiger partial charge on any atom is 0.256 e. The Bertz CT molecular complexity index is 1250. The highest BCUT2D eigenvalue weighted by atomic mass is 32.1. The SMILES string of the molecule is O=C(Nc1cccc(-c2cn3ccsc3n2)c1)c1cccc2ccccc12. The number of hydrogen-bond acceptors (Lipinski definition) is 3. The molecule has 0 bridgehead atoms. The van der Waals surface area contributed by atoms with Gasteiger partial charge in [-0.15, -0.1) is 11.3 Å². The number of thiazole rings is 1. The molecule has 0 atom stereocenters. The number of carbonyl (C=O) groups is 1. The molecular weight excluding hydrogens is 354 g/mol. The number of amides is 1. The average Bonchev–Trinajstić information content (AvgIpc) is 3.30. The highest BCUT2D eigenvalue weighted by molar-refractivity contribution is 7.15. The predicted molar refractivity (Wildman–Crippen MR) is 110 cm³/mol. The third kappa shape index (κ3) is 2.88. The van der Waals surface area contributed by atoms with Gasteiger partial charge in [0.15, 0.2) is 4.96 Å². The summed E-state index contributed by atoms with van der Waals surface area (Å²) in [5.41, 5.74) is 3.28. The molecule has 27 heavy (non-hydrogen) atoms. The number of anilines is 1. The van der Waals surface area contributed by atoms with Crippen LogP contribution in [-0.2, 0) is 0 Å². The van der Waals surface area contributed by atoms with Gasteiger partial charge in [0.1, 0.15) is 0 Å². The number of nitrogens with one attached hydrogen (secondary N) is 1. The molecular formula is C22H15N3OS. The van der Waals surface area contributed by atoms with E-state index in [9.17, 15) is 4.79 Å². The number of hydrogen-bond donors (Lipinski definition) is 1. The van der Waals surface area contributed by atoms with Crippen LogP contribution in [0.15, 0.2) is 84.5 Å². The van der Waals surface area contributed by atoms with Crippen molar-refractivity contribution in [2.75, 3.05) is 5.32 Å². The van der Waals surface area contributed by atoms with E-state index in [-0.39, 0.29) is 5.91 Å². The van der Waals surface area contributed by atoms with Gasteiger partial charge in [-0.25, -0.2) is 4.98 Å². The largest absolute Gasteiger partial charge is 0.322 e. The molecule has 0 aliphatic rings. The summed E-state index contributed by atoms with van der Waals surface area (Å²) in [5.74, 6) is -0.116. The van der Waals surface area contributed by atoms with Gasteiger partial charge in [-0.3, -0.25) is 9.20 Å². The molecule has 130 valence electrons. The molecule has 0 fully saturated rings. The molecule has 0 saturated heterocycles. The van der Waals surface area contributed by atoms with Gasteiger partial charge in [-0.05, 0) is 29.0 Å². The second kappa shape index (κ2) is 6.37. The molecule has 3 aromatic carbocycles. The Morgan fingerprint density at radius 2 is 1.85 bits per heavy atom. The lowest BCUT2D eigenvalue weighted by Gasteiger charge is -2.09. The van der Waals surface area contributed by atoms with Crippen molar-refractivity contribution in [3.8, 4) is 11.3 Å². The fraction of sp³-hybridized carbons (Fsp3) is 0. The Hall–Kier alpha value is -3.44. The van der Waals surface area contributed by atoms with Gasteiger partial charge in [-0.2, -0.15) is 0 Å². The smallest absolute Gasteiger partial charge is 0.256 e. The van der Waals surface area contributed by atoms with E-state index in [0.29, 0.717) is 5.56 Å². The lowest BCUT2D eigenvalue weighted by atomic mass is 10.0. The zero-order chi connectivity index (χ0) is 18.2. The number of carbonyl (C=O) groups excluding carboxylic acids is 1. The summed E-state index contributed by atoms with van der Waals surface area (Å²) in [6, 6.07) is 21.5. The number of rotatable bonds is 3. The lowest BCUT2D eigenvalue weighted by Crippen LogP contribution is -2.12. The summed E-state index contributed by atoms with van der Waals surface area (Å²) in [6.45, 7) is 0. The van der Waals surface area contributed by atoms with Crippen molar-refractivity contribution in [1.29, 1.82) is 0 Å². The van der Waals surface area contributed by atoms with Gasteiger partial charge in [0.25, 0.3) is 5.91 Å². The van der Waals surface area contributed by atoms with E-state index in [4.69, 9.17) is 0 Å². The van der Waals surface area contributed by atoms with E-state index in [1.807, 2.05) is 88.9 Å². The van der Waals surface area contributed by atoms with Crippen LogP contribution >= 0.6 is 11.3 Å². The van der Waals surface area contributed by atoms with Crippen LogP contribution in [0.2, 0.25) is 0 Å². The molecule has 0 saturated carbocycles. The number of fused-ring (bicyclic) bond motifs is 2. The standard InChI is InChI=1S/C22H15N3OS/c26-21(19-10-4-6-15-5-1-2-9-18(15)19)23-17-8-3-7-16(13-17)20-14-25-11-12-27-22(25)24-20/h1-14H,(H,23,26). The summed E-state index contributed by atoms with van der Waals surface area (Å²) >= 11 is 1.60. The molecule has 5 aromatic rings.